The molecule has 5 heteroatoms. The molecule has 1 aliphatic heterocycles. The second kappa shape index (κ2) is 4.88. The van der Waals surface area contributed by atoms with Gasteiger partial charge in [0.1, 0.15) is 6.54 Å². The third-order valence-corrected chi connectivity index (χ3v) is 3.79. The van der Waals surface area contributed by atoms with Gasteiger partial charge in [-0.25, -0.2) is 0 Å². The van der Waals surface area contributed by atoms with Crippen LogP contribution in [0.15, 0.2) is 0 Å². The summed E-state index contributed by atoms with van der Waals surface area (Å²) in [5, 5.41) is 3.02. The quantitative estimate of drug-likeness (QED) is 0.790. The Morgan fingerprint density at radius 1 is 1.47 bits per heavy atom. The Hall–Kier alpha value is -0.710. The molecule has 1 aliphatic carbocycles. The molecule has 1 N–H and O–H groups in total. The third kappa shape index (κ3) is 2.87. The summed E-state index contributed by atoms with van der Waals surface area (Å²) >= 11 is 1.30. The molecule has 0 radical (unpaired) electrons. The number of carbonyl (C=O) groups excluding carboxylic acids is 2. The van der Waals surface area contributed by atoms with Crippen LogP contribution in [0.25, 0.3) is 0 Å². The minimum atomic E-state index is -0.00208. The van der Waals surface area contributed by atoms with Crippen LogP contribution < -0.4 is 5.32 Å². The molecule has 2 aliphatic rings. The van der Waals surface area contributed by atoms with E-state index in [-0.39, 0.29) is 17.7 Å². The predicted molar refractivity (Wildman–Crippen MR) is 59.8 cm³/mol. The first kappa shape index (κ1) is 10.8. The topological polar surface area (TPSA) is 49.4 Å². The number of amides is 2. The summed E-state index contributed by atoms with van der Waals surface area (Å²) < 4.78 is 0. The Labute approximate surface area is 93.8 Å². The van der Waals surface area contributed by atoms with Gasteiger partial charge in [-0.1, -0.05) is 24.6 Å². The lowest BCUT2D eigenvalue weighted by Gasteiger charge is -2.16. The molecule has 84 valence electrons. The van der Waals surface area contributed by atoms with Gasteiger partial charge in [-0.05, 0) is 12.8 Å². The van der Waals surface area contributed by atoms with Crippen LogP contribution in [0.4, 0.5) is 4.79 Å². The van der Waals surface area contributed by atoms with Gasteiger partial charge in [-0.15, -0.1) is 0 Å². The number of rotatable bonds is 3. The number of nitrogens with one attached hydrogen (secondary N) is 1. The van der Waals surface area contributed by atoms with Gasteiger partial charge in [0, 0.05) is 18.3 Å². The minimum absolute atomic E-state index is 0.00208. The van der Waals surface area contributed by atoms with Crippen LogP contribution in [-0.2, 0) is 4.79 Å². The van der Waals surface area contributed by atoms with Crippen LogP contribution >= 0.6 is 11.8 Å². The lowest BCUT2D eigenvalue weighted by atomic mass is 10.2. The Balaban J connectivity index is 1.74. The smallest absolute Gasteiger partial charge is 0.282 e. The van der Waals surface area contributed by atoms with Gasteiger partial charge >= 0.3 is 0 Å². The molecular formula is C10H16N2O2S. The number of thioether (sulfide) groups is 1. The normalized spacial score (nSPS) is 22.4. The lowest BCUT2D eigenvalue weighted by molar-refractivity contribution is -0.122. The Kier molecular flexibility index (Phi) is 3.51. The molecule has 15 heavy (non-hydrogen) atoms. The highest BCUT2D eigenvalue weighted by molar-refractivity contribution is 8.13. The van der Waals surface area contributed by atoms with Crippen molar-refractivity contribution in [2.45, 2.75) is 31.7 Å². The second-order valence-corrected chi connectivity index (χ2v) is 5.13. The Morgan fingerprint density at radius 3 is 2.80 bits per heavy atom. The largest absolute Gasteiger partial charge is 0.352 e. The van der Waals surface area contributed by atoms with Crippen molar-refractivity contribution in [1.29, 1.82) is 0 Å². The predicted octanol–water partition coefficient (Wildman–Crippen LogP) is 1.21. The summed E-state index contributed by atoms with van der Waals surface area (Å²) in [4.78, 5) is 24.5. The van der Waals surface area contributed by atoms with Crippen molar-refractivity contribution in [3.63, 3.8) is 0 Å². The fourth-order valence-corrected chi connectivity index (χ4v) is 2.91. The first-order valence-electron chi connectivity index (χ1n) is 5.47. The molecular weight excluding hydrogens is 212 g/mol. The summed E-state index contributed by atoms with van der Waals surface area (Å²) in [6.07, 6.45) is 4.61. The van der Waals surface area contributed by atoms with Crippen molar-refractivity contribution in [2.24, 2.45) is 0 Å². The summed E-state index contributed by atoms with van der Waals surface area (Å²) in [5.74, 6) is 0.813. The average molecular weight is 228 g/mol. The summed E-state index contributed by atoms with van der Waals surface area (Å²) in [6, 6.07) is 0.350. The van der Waals surface area contributed by atoms with Crippen molar-refractivity contribution in [3.05, 3.63) is 0 Å². The SMILES string of the molecule is O=C(CN1CCSC1=O)NC1CCCC1. The highest BCUT2D eigenvalue weighted by Crippen LogP contribution is 2.18. The molecule has 0 atom stereocenters. The summed E-state index contributed by atoms with van der Waals surface area (Å²) in [5.41, 5.74) is 0. The number of hydrogen-bond acceptors (Lipinski definition) is 3. The molecule has 1 saturated carbocycles. The molecule has 2 fully saturated rings. The van der Waals surface area contributed by atoms with Gasteiger partial charge in [-0.2, -0.15) is 0 Å². The Morgan fingerprint density at radius 2 is 2.20 bits per heavy atom. The van der Waals surface area contributed by atoms with Crippen LogP contribution in [0.3, 0.4) is 0 Å². The summed E-state index contributed by atoms with van der Waals surface area (Å²) in [6.45, 7) is 0.948. The minimum Gasteiger partial charge on any atom is -0.352 e. The monoisotopic (exact) mass is 228 g/mol. The van der Waals surface area contributed by atoms with Crippen molar-refractivity contribution >= 4 is 22.9 Å². The van der Waals surface area contributed by atoms with Gasteiger partial charge in [0.05, 0.1) is 0 Å². The maximum absolute atomic E-state index is 11.6. The van der Waals surface area contributed by atoms with E-state index in [0.717, 1.165) is 18.6 Å². The van der Waals surface area contributed by atoms with Gasteiger partial charge in [0.2, 0.25) is 5.91 Å². The molecule has 0 aromatic carbocycles. The van der Waals surface area contributed by atoms with E-state index in [4.69, 9.17) is 0 Å². The van der Waals surface area contributed by atoms with Crippen LogP contribution in [0.1, 0.15) is 25.7 Å². The average Bonchev–Trinajstić information content (AvgIpc) is 2.79. The van der Waals surface area contributed by atoms with Crippen molar-refractivity contribution in [3.8, 4) is 0 Å². The van der Waals surface area contributed by atoms with Crippen LogP contribution in [0.2, 0.25) is 0 Å². The second-order valence-electron chi connectivity index (χ2n) is 4.08. The molecule has 0 aromatic rings. The van der Waals surface area contributed by atoms with Crippen LogP contribution in [0, 0.1) is 0 Å². The van der Waals surface area contributed by atoms with Crippen LogP contribution in [0.5, 0.6) is 0 Å². The van der Waals surface area contributed by atoms with E-state index < -0.39 is 0 Å². The first-order valence-corrected chi connectivity index (χ1v) is 6.45. The highest BCUT2D eigenvalue weighted by atomic mass is 32.2. The standard InChI is InChI=1S/C10H16N2O2S/c13-9(11-8-3-1-2-4-8)7-12-5-6-15-10(12)14/h8H,1-7H2,(H,11,13). The molecule has 0 unspecified atom stereocenters. The van der Waals surface area contributed by atoms with E-state index in [1.165, 1.54) is 24.6 Å². The van der Waals surface area contributed by atoms with E-state index in [0.29, 0.717) is 12.6 Å². The third-order valence-electron chi connectivity index (χ3n) is 2.90. The van der Waals surface area contributed by atoms with E-state index >= 15 is 0 Å². The number of hydrogen-bond donors (Lipinski definition) is 1. The lowest BCUT2D eigenvalue weighted by Crippen LogP contribution is -2.41. The van der Waals surface area contributed by atoms with E-state index in [1.807, 2.05) is 0 Å². The highest BCUT2D eigenvalue weighted by Gasteiger charge is 2.24. The molecule has 2 rings (SSSR count). The first-order chi connectivity index (χ1) is 7.25. The fraction of sp³-hybridized carbons (Fsp3) is 0.800. The molecule has 1 saturated heterocycles. The van der Waals surface area contributed by atoms with E-state index in [2.05, 4.69) is 5.32 Å². The van der Waals surface area contributed by atoms with Gasteiger partial charge < -0.3 is 10.2 Å². The molecule has 2 amide bonds. The molecule has 1 heterocycles. The van der Waals surface area contributed by atoms with Gasteiger partial charge in [-0.3, -0.25) is 9.59 Å². The molecule has 0 spiro atoms. The van der Waals surface area contributed by atoms with Crippen molar-refractivity contribution < 1.29 is 9.59 Å². The van der Waals surface area contributed by atoms with Gasteiger partial charge in [0.15, 0.2) is 0 Å². The molecule has 4 nitrogen and oxygen atoms in total. The maximum Gasteiger partial charge on any atom is 0.282 e. The van der Waals surface area contributed by atoms with Crippen molar-refractivity contribution in [2.75, 3.05) is 18.8 Å². The number of nitrogens with zero attached hydrogens (tertiary/aromatic N) is 1. The number of carbonyl (C=O) groups is 2. The molecule has 0 bridgehead atoms. The zero-order chi connectivity index (χ0) is 10.7. The molecule has 0 aromatic heterocycles. The van der Waals surface area contributed by atoms with Gasteiger partial charge in [0.25, 0.3) is 5.24 Å². The zero-order valence-corrected chi connectivity index (χ0v) is 9.52. The Bertz CT molecular complexity index is 264. The maximum atomic E-state index is 11.6. The summed E-state index contributed by atoms with van der Waals surface area (Å²) in [7, 11) is 0. The fourth-order valence-electron chi connectivity index (χ4n) is 2.09. The van der Waals surface area contributed by atoms with Crippen LogP contribution in [-0.4, -0.2) is 40.9 Å². The van der Waals surface area contributed by atoms with E-state index in [1.54, 1.807) is 4.90 Å². The van der Waals surface area contributed by atoms with Crippen molar-refractivity contribution in [1.82, 2.24) is 10.2 Å². The zero-order valence-electron chi connectivity index (χ0n) is 8.70. The van der Waals surface area contributed by atoms with E-state index in [9.17, 15) is 9.59 Å².